The van der Waals surface area contributed by atoms with E-state index in [4.69, 9.17) is 9.47 Å². The summed E-state index contributed by atoms with van der Waals surface area (Å²) in [4.78, 5) is 25.5. The minimum Gasteiger partial charge on any atom is -0.504 e. The number of amides is 2. The maximum absolute atomic E-state index is 11.8. The zero-order valence-corrected chi connectivity index (χ0v) is 18.3. The van der Waals surface area contributed by atoms with Crippen molar-refractivity contribution in [2.24, 2.45) is 0 Å². The van der Waals surface area contributed by atoms with Crippen LogP contribution in [0.5, 0.6) is 23.0 Å². The number of rotatable bonds is 10. The molecule has 2 aromatic rings. The van der Waals surface area contributed by atoms with Gasteiger partial charge in [-0.05, 0) is 36.4 Å². The molecule has 0 radical (unpaired) electrons. The number of phenolic OH excluding ortho intramolecular Hbond substituents is 2. The molecule has 2 amide bonds. The summed E-state index contributed by atoms with van der Waals surface area (Å²) in [6.07, 6.45) is 0. The Labute approximate surface area is 183 Å². The second kappa shape index (κ2) is 12.1. The van der Waals surface area contributed by atoms with Crippen molar-refractivity contribution < 1.29 is 29.3 Å². The Balaban J connectivity index is 1.63. The summed E-state index contributed by atoms with van der Waals surface area (Å²) in [5, 5.41) is 24.3. The summed E-state index contributed by atoms with van der Waals surface area (Å²) in [6.45, 7) is 0.643. The molecule has 2 aromatic carbocycles. The summed E-state index contributed by atoms with van der Waals surface area (Å²) in [5.74, 6) is 0.644. The van der Waals surface area contributed by atoms with Crippen LogP contribution in [0.1, 0.15) is 0 Å². The zero-order valence-electron chi connectivity index (χ0n) is 16.6. The molecule has 0 aliphatic rings. The predicted octanol–water partition coefficient (Wildman–Crippen LogP) is 2.23. The van der Waals surface area contributed by atoms with Crippen molar-refractivity contribution >= 4 is 35.3 Å². The van der Waals surface area contributed by atoms with E-state index in [1.54, 1.807) is 36.4 Å². The number of methoxy groups -OCH3 is 2. The van der Waals surface area contributed by atoms with Crippen LogP contribution in [0.2, 0.25) is 0 Å². The van der Waals surface area contributed by atoms with Gasteiger partial charge in [-0.3, -0.25) is 9.59 Å². The van der Waals surface area contributed by atoms with E-state index in [0.717, 1.165) is 9.79 Å². The van der Waals surface area contributed by atoms with Gasteiger partial charge in [-0.25, -0.2) is 0 Å². The maximum Gasteiger partial charge on any atom is 0.309 e. The van der Waals surface area contributed by atoms with Gasteiger partial charge in [0.05, 0.1) is 14.2 Å². The fourth-order valence-corrected chi connectivity index (χ4v) is 3.91. The summed E-state index contributed by atoms with van der Waals surface area (Å²) in [6, 6.07) is 9.99. The topological polar surface area (TPSA) is 117 Å². The molecule has 0 heterocycles. The van der Waals surface area contributed by atoms with Gasteiger partial charge < -0.3 is 30.3 Å². The van der Waals surface area contributed by atoms with E-state index in [1.807, 2.05) is 0 Å². The monoisotopic (exact) mass is 452 g/mol. The third kappa shape index (κ3) is 7.27. The van der Waals surface area contributed by atoms with Gasteiger partial charge in [-0.15, -0.1) is 23.5 Å². The van der Waals surface area contributed by atoms with Crippen LogP contribution in [0.3, 0.4) is 0 Å². The third-order valence-electron chi connectivity index (χ3n) is 3.82. The van der Waals surface area contributed by atoms with Crippen LogP contribution in [-0.2, 0) is 9.59 Å². The van der Waals surface area contributed by atoms with Gasteiger partial charge in [0.1, 0.15) is 0 Å². The molecule has 0 fully saturated rings. The second-order valence-corrected chi connectivity index (χ2v) is 8.21. The van der Waals surface area contributed by atoms with Crippen LogP contribution in [0.15, 0.2) is 46.2 Å². The lowest BCUT2D eigenvalue weighted by Gasteiger charge is -2.08. The second-order valence-electron chi connectivity index (χ2n) is 5.88. The fourth-order valence-electron chi connectivity index (χ4n) is 2.32. The van der Waals surface area contributed by atoms with Crippen LogP contribution in [0, 0.1) is 0 Å². The highest BCUT2D eigenvalue weighted by molar-refractivity contribution is 7.99. The number of carbonyl (C=O) groups excluding carboxylic acids is 2. The van der Waals surface area contributed by atoms with Crippen molar-refractivity contribution in [1.82, 2.24) is 10.6 Å². The number of hydrogen-bond donors (Lipinski definition) is 4. The molecule has 0 aromatic heterocycles. The number of carbonyl (C=O) groups is 2. The van der Waals surface area contributed by atoms with Gasteiger partial charge in [0.2, 0.25) is 0 Å². The van der Waals surface area contributed by atoms with Crippen LogP contribution in [-0.4, -0.2) is 60.8 Å². The molecule has 0 unspecified atom stereocenters. The highest BCUT2D eigenvalue weighted by Gasteiger charge is 2.12. The fraction of sp³-hybridized carbons (Fsp3) is 0.300. The Hall–Kier alpha value is -2.72. The highest BCUT2D eigenvalue weighted by atomic mass is 32.2. The standard InChI is InChI=1S/C20H24N2O6S2/c1-27-17-11-13(3-5-15(17)23)29-9-7-21-19(25)20(26)22-8-10-30-14-4-6-16(24)18(12-14)28-2/h3-6,11-12,23-24H,7-10H2,1-2H3,(H,21,25)(H,22,26). The van der Waals surface area contributed by atoms with Crippen LogP contribution < -0.4 is 20.1 Å². The molecule has 0 saturated carbocycles. The first-order valence-corrected chi connectivity index (χ1v) is 11.0. The number of thioether (sulfide) groups is 2. The normalized spacial score (nSPS) is 10.3. The van der Waals surface area contributed by atoms with Crippen molar-refractivity contribution in [1.29, 1.82) is 0 Å². The first-order valence-electron chi connectivity index (χ1n) is 9.00. The molecule has 0 saturated heterocycles. The van der Waals surface area contributed by atoms with Crippen LogP contribution >= 0.6 is 23.5 Å². The first kappa shape index (κ1) is 23.6. The number of hydrogen-bond acceptors (Lipinski definition) is 8. The molecule has 0 aliphatic carbocycles. The molecule has 162 valence electrons. The SMILES string of the molecule is COc1cc(SCCNC(=O)C(=O)NCCSc2ccc(O)c(OC)c2)ccc1O. The number of benzene rings is 2. The van der Waals surface area contributed by atoms with Gasteiger partial charge in [-0.1, -0.05) is 0 Å². The molecule has 8 nitrogen and oxygen atoms in total. The van der Waals surface area contributed by atoms with Crippen LogP contribution in [0.25, 0.3) is 0 Å². The summed E-state index contributed by atoms with van der Waals surface area (Å²) < 4.78 is 10.1. The van der Waals surface area contributed by atoms with E-state index in [2.05, 4.69) is 10.6 Å². The molecule has 0 atom stereocenters. The maximum atomic E-state index is 11.8. The van der Waals surface area contributed by atoms with Crippen molar-refractivity contribution in [3.63, 3.8) is 0 Å². The summed E-state index contributed by atoms with van der Waals surface area (Å²) >= 11 is 2.93. The lowest BCUT2D eigenvalue weighted by molar-refractivity contribution is -0.139. The lowest BCUT2D eigenvalue weighted by Crippen LogP contribution is -2.41. The minimum atomic E-state index is -0.685. The highest BCUT2D eigenvalue weighted by Crippen LogP contribution is 2.31. The predicted molar refractivity (Wildman–Crippen MR) is 117 cm³/mol. The van der Waals surface area contributed by atoms with Crippen molar-refractivity contribution in [3.8, 4) is 23.0 Å². The van der Waals surface area contributed by atoms with E-state index in [-0.39, 0.29) is 11.5 Å². The van der Waals surface area contributed by atoms with Gasteiger partial charge in [0.25, 0.3) is 0 Å². The average molecular weight is 453 g/mol. The third-order valence-corrected chi connectivity index (χ3v) is 5.81. The molecule has 0 spiro atoms. The van der Waals surface area contributed by atoms with Crippen molar-refractivity contribution in [3.05, 3.63) is 36.4 Å². The van der Waals surface area contributed by atoms with Crippen molar-refractivity contribution in [2.45, 2.75) is 9.79 Å². The van der Waals surface area contributed by atoms with E-state index >= 15 is 0 Å². The first-order chi connectivity index (χ1) is 14.4. The molecule has 0 bridgehead atoms. The minimum absolute atomic E-state index is 0.0644. The van der Waals surface area contributed by atoms with Gasteiger partial charge in [0, 0.05) is 34.4 Å². The largest absolute Gasteiger partial charge is 0.504 e. The molecule has 2 rings (SSSR count). The molecular formula is C20H24N2O6S2. The quantitative estimate of drug-likeness (QED) is 0.246. The van der Waals surface area contributed by atoms with Crippen LogP contribution in [0.4, 0.5) is 0 Å². The zero-order chi connectivity index (χ0) is 21.9. The van der Waals surface area contributed by atoms with Crippen molar-refractivity contribution in [2.75, 3.05) is 38.8 Å². The van der Waals surface area contributed by atoms with E-state index in [0.29, 0.717) is 36.1 Å². The van der Waals surface area contributed by atoms with Gasteiger partial charge in [-0.2, -0.15) is 0 Å². The molecule has 4 N–H and O–H groups in total. The lowest BCUT2D eigenvalue weighted by atomic mass is 10.3. The Morgan fingerprint density at radius 3 is 1.57 bits per heavy atom. The van der Waals surface area contributed by atoms with E-state index < -0.39 is 11.8 Å². The Kier molecular flexibility index (Phi) is 9.49. The molecule has 0 aliphatic heterocycles. The Morgan fingerprint density at radius 2 is 1.20 bits per heavy atom. The van der Waals surface area contributed by atoms with Gasteiger partial charge >= 0.3 is 11.8 Å². The Morgan fingerprint density at radius 1 is 0.800 bits per heavy atom. The molecular weight excluding hydrogens is 428 g/mol. The molecule has 10 heteroatoms. The van der Waals surface area contributed by atoms with E-state index in [1.165, 1.54) is 37.7 Å². The number of phenols is 2. The van der Waals surface area contributed by atoms with Gasteiger partial charge in [0.15, 0.2) is 23.0 Å². The smallest absolute Gasteiger partial charge is 0.309 e. The number of ether oxygens (including phenoxy) is 2. The van der Waals surface area contributed by atoms with E-state index in [9.17, 15) is 19.8 Å². The number of nitrogens with one attached hydrogen (secondary N) is 2. The molecule has 30 heavy (non-hydrogen) atoms. The summed E-state index contributed by atoms with van der Waals surface area (Å²) in [7, 11) is 2.95. The number of aromatic hydroxyl groups is 2. The summed E-state index contributed by atoms with van der Waals surface area (Å²) in [5.41, 5.74) is 0. The Bertz CT molecular complexity index is 807. The average Bonchev–Trinajstić information content (AvgIpc) is 2.75.